The van der Waals surface area contributed by atoms with Gasteiger partial charge in [0.15, 0.2) is 0 Å². The molecule has 7 heteroatoms. The Hall–Kier alpha value is -2.05. The van der Waals surface area contributed by atoms with Gasteiger partial charge >= 0.3 is 0 Å². The summed E-state index contributed by atoms with van der Waals surface area (Å²) >= 11 is 6.00. The van der Waals surface area contributed by atoms with Crippen LogP contribution in [0.15, 0.2) is 42.5 Å². The van der Waals surface area contributed by atoms with Gasteiger partial charge < -0.3 is 5.32 Å². The minimum Gasteiger partial charge on any atom is -0.346 e. The molecule has 0 fully saturated rings. The van der Waals surface area contributed by atoms with E-state index in [0.29, 0.717) is 22.7 Å². The van der Waals surface area contributed by atoms with Crippen molar-refractivity contribution in [2.75, 3.05) is 10.6 Å². The molecular weight excluding hydrogens is 372 g/mol. The molecule has 0 aromatic heterocycles. The highest BCUT2D eigenvalue weighted by Crippen LogP contribution is 2.34. The molecule has 26 heavy (non-hydrogen) atoms. The molecule has 3 rings (SSSR count). The van der Waals surface area contributed by atoms with Crippen molar-refractivity contribution in [2.45, 2.75) is 32.4 Å². The maximum Gasteiger partial charge on any atom is 0.251 e. The maximum absolute atomic E-state index is 12.6. The fourth-order valence-corrected chi connectivity index (χ4v) is 4.85. The smallest absolute Gasteiger partial charge is 0.251 e. The number of sulfonamides is 1. The van der Waals surface area contributed by atoms with Crippen molar-refractivity contribution in [1.29, 1.82) is 0 Å². The second kappa shape index (κ2) is 6.93. The van der Waals surface area contributed by atoms with Gasteiger partial charge in [-0.1, -0.05) is 23.7 Å². The van der Waals surface area contributed by atoms with Gasteiger partial charge in [0, 0.05) is 16.6 Å². The summed E-state index contributed by atoms with van der Waals surface area (Å²) in [6.45, 7) is 3.76. The molecule has 0 saturated heterocycles. The summed E-state index contributed by atoms with van der Waals surface area (Å²) in [6, 6.07) is 12.2. The molecule has 0 radical (unpaired) electrons. The Morgan fingerprint density at radius 1 is 1.27 bits per heavy atom. The molecule has 1 aliphatic heterocycles. The number of halogens is 1. The van der Waals surface area contributed by atoms with E-state index < -0.39 is 10.0 Å². The van der Waals surface area contributed by atoms with Crippen LogP contribution in [0, 0.1) is 0 Å². The van der Waals surface area contributed by atoms with Crippen LogP contribution in [-0.2, 0) is 16.4 Å². The second-order valence-electron chi connectivity index (χ2n) is 6.71. The Morgan fingerprint density at radius 2 is 2.00 bits per heavy atom. The highest BCUT2D eigenvalue weighted by molar-refractivity contribution is 7.92. The van der Waals surface area contributed by atoms with Crippen LogP contribution < -0.4 is 9.62 Å². The standard InChI is InChI=1S/C19H21ClN2O3S/c1-12-9-16-10-15(7-8-18(16)22(12)26(3,24)25)19(23)21-13(2)14-5-4-6-17(20)11-14/h4-8,10-13H,9H2,1-3H3,(H,21,23)/t12-,13+/m0/s1. The highest BCUT2D eigenvalue weighted by atomic mass is 35.5. The van der Waals surface area contributed by atoms with Gasteiger partial charge in [-0.15, -0.1) is 0 Å². The van der Waals surface area contributed by atoms with Crippen molar-refractivity contribution < 1.29 is 13.2 Å². The molecule has 0 aliphatic carbocycles. The van der Waals surface area contributed by atoms with E-state index in [2.05, 4.69) is 5.32 Å². The number of hydrogen-bond donors (Lipinski definition) is 1. The number of benzene rings is 2. The van der Waals surface area contributed by atoms with Crippen LogP contribution in [0.5, 0.6) is 0 Å². The van der Waals surface area contributed by atoms with E-state index in [1.165, 1.54) is 10.6 Å². The van der Waals surface area contributed by atoms with Gasteiger partial charge in [-0.25, -0.2) is 8.42 Å². The quantitative estimate of drug-likeness (QED) is 0.865. The third kappa shape index (κ3) is 3.71. The average Bonchev–Trinajstić information content (AvgIpc) is 2.89. The number of amides is 1. The normalized spacial score (nSPS) is 17.7. The number of fused-ring (bicyclic) bond motifs is 1. The van der Waals surface area contributed by atoms with Crippen molar-refractivity contribution in [1.82, 2.24) is 5.32 Å². The molecule has 2 aromatic rings. The van der Waals surface area contributed by atoms with Gasteiger partial charge in [0.1, 0.15) is 0 Å². The zero-order valence-electron chi connectivity index (χ0n) is 14.9. The number of carbonyl (C=O) groups is 1. The van der Waals surface area contributed by atoms with E-state index in [-0.39, 0.29) is 18.0 Å². The van der Waals surface area contributed by atoms with Crippen molar-refractivity contribution in [3.8, 4) is 0 Å². The fourth-order valence-electron chi connectivity index (χ4n) is 3.39. The first-order valence-corrected chi connectivity index (χ1v) is 10.6. The predicted molar refractivity (Wildman–Crippen MR) is 104 cm³/mol. The van der Waals surface area contributed by atoms with Crippen molar-refractivity contribution >= 4 is 33.2 Å². The second-order valence-corrected chi connectivity index (χ2v) is 9.00. The lowest BCUT2D eigenvalue weighted by Crippen LogP contribution is -2.34. The molecule has 5 nitrogen and oxygen atoms in total. The minimum absolute atomic E-state index is 0.149. The lowest BCUT2D eigenvalue weighted by Gasteiger charge is -2.22. The van der Waals surface area contributed by atoms with Crippen LogP contribution in [0.2, 0.25) is 5.02 Å². The SMILES string of the molecule is C[C@@H](NC(=O)c1ccc2c(c1)C[C@H](C)N2S(C)(=O)=O)c1cccc(Cl)c1. The maximum atomic E-state index is 12.6. The molecule has 0 unspecified atom stereocenters. The largest absolute Gasteiger partial charge is 0.346 e. The molecule has 1 heterocycles. The van der Waals surface area contributed by atoms with Gasteiger partial charge in [-0.2, -0.15) is 0 Å². The van der Waals surface area contributed by atoms with Gasteiger partial charge in [0.25, 0.3) is 5.91 Å². The van der Waals surface area contributed by atoms with Crippen molar-refractivity contribution in [3.05, 3.63) is 64.2 Å². The van der Waals surface area contributed by atoms with Crippen LogP contribution in [0.3, 0.4) is 0 Å². The molecule has 1 amide bonds. The number of anilines is 1. The van der Waals surface area contributed by atoms with Gasteiger partial charge in [0.2, 0.25) is 10.0 Å². The Bertz CT molecular complexity index is 959. The fraction of sp³-hybridized carbons (Fsp3) is 0.316. The van der Waals surface area contributed by atoms with E-state index in [1.54, 1.807) is 24.3 Å². The number of carbonyl (C=O) groups excluding carboxylic acids is 1. The summed E-state index contributed by atoms with van der Waals surface area (Å²) in [5, 5.41) is 3.58. The highest BCUT2D eigenvalue weighted by Gasteiger charge is 2.32. The van der Waals surface area contributed by atoms with Crippen LogP contribution in [-0.4, -0.2) is 26.6 Å². The predicted octanol–water partition coefficient (Wildman–Crippen LogP) is 3.54. The molecule has 2 atom stereocenters. The number of rotatable bonds is 4. The monoisotopic (exact) mass is 392 g/mol. The molecule has 0 saturated carbocycles. The summed E-state index contributed by atoms with van der Waals surface area (Å²) in [5.41, 5.74) is 2.95. The van der Waals surface area contributed by atoms with E-state index in [1.807, 2.05) is 32.0 Å². The zero-order valence-corrected chi connectivity index (χ0v) is 16.4. The van der Waals surface area contributed by atoms with Crippen LogP contribution >= 0.6 is 11.6 Å². The minimum atomic E-state index is -3.34. The molecule has 2 aromatic carbocycles. The van der Waals surface area contributed by atoms with Gasteiger partial charge in [-0.05, 0) is 61.7 Å². The lowest BCUT2D eigenvalue weighted by atomic mass is 10.0. The summed E-state index contributed by atoms with van der Waals surface area (Å²) in [7, 11) is -3.34. The lowest BCUT2D eigenvalue weighted by molar-refractivity contribution is 0.0940. The van der Waals surface area contributed by atoms with Gasteiger partial charge in [0.05, 0.1) is 18.0 Å². The Kier molecular flexibility index (Phi) is 4.99. The molecule has 1 aliphatic rings. The summed E-state index contributed by atoms with van der Waals surface area (Å²) in [4.78, 5) is 12.6. The van der Waals surface area contributed by atoms with Crippen molar-refractivity contribution in [3.63, 3.8) is 0 Å². The van der Waals surface area contributed by atoms with Crippen LogP contribution in [0.4, 0.5) is 5.69 Å². The molecule has 138 valence electrons. The molecule has 1 N–H and O–H groups in total. The van der Waals surface area contributed by atoms with Crippen molar-refractivity contribution in [2.24, 2.45) is 0 Å². The Balaban J connectivity index is 1.81. The van der Waals surface area contributed by atoms with Gasteiger partial charge in [-0.3, -0.25) is 9.10 Å². The molecule has 0 spiro atoms. The van der Waals surface area contributed by atoms with E-state index >= 15 is 0 Å². The summed E-state index contributed by atoms with van der Waals surface area (Å²) in [5.74, 6) is -0.203. The first kappa shape index (κ1) is 18.7. The van der Waals surface area contributed by atoms with Crippen LogP contribution in [0.25, 0.3) is 0 Å². The first-order chi connectivity index (χ1) is 12.2. The zero-order chi connectivity index (χ0) is 19.1. The van der Waals surface area contributed by atoms with Crippen LogP contribution in [0.1, 0.15) is 41.4 Å². The van der Waals surface area contributed by atoms with E-state index in [0.717, 1.165) is 11.1 Å². The number of nitrogens with one attached hydrogen (secondary N) is 1. The average molecular weight is 393 g/mol. The summed E-state index contributed by atoms with van der Waals surface area (Å²) in [6.07, 6.45) is 1.79. The van der Waals surface area contributed by atoms with E-state index in [4.69, 9.17) is 11.6 Å². The number of nitrogens with zero attached hydrogens (tertiary/aromatic N) is 1. The molecule has 0 bridgehead atoms. The number of hydrogen-bond acceptors (Lipinski definition) is 3. The first-order valence-electron chi connectivity index (χ1n) is 8.35. The topological polar surface area (TPSA) is 66.5 Å². The third-order valence-electron chi connectivity index (χ3n) is 4.55. The Labute approximate surface area is 159 Å². The Morgan fingerprint density at radius 3 is 2.65 bits per heavy atom. The third-order valence-corrected chi connectivity index (χ3v) is 6.05. The summed E-state index contributed by atoms with van der Waals surface area (Å²) < 4.78 is 25.4. The molecular formula is C19H21ClN2O3S. The van der Waals surface area contributed by atoms with E-state index in [9.17, 15) is 13.2 Å².